The van der Waals surface area contributed by atoms with Gasteiger partial charge in [-0.3, -0.25) is 4.79 Å². The Bertz CT molecular complexity index is 715. The van der Waals surface area contributed by atoms with E-state index in [1.807, 2.05) is 42.9 Å². The van der Waals surface area contributed by atoms with Crippen LogP contribution in [0.15, 0.2) is 30.7 Å². The van der Waals surface area contributed by atoms with Gasteiger partial charge in [-0.1, -0.05) is 0 Å². The summed E-state index contributed by atoms with van der Waals surface area (Å²) >= 11 is 0. The fraction of sp³-hybridized carbons (Fsp3) is 0.471. The molecule has 1 fully saturated rings. The number of anilines is 1. The Morgan fingerprint density at radius 1 is 1.46 bits per heavy atom. The molecular formula is C17H23N5O2. The number of carbonyl (C=O) groups excluding carboxylic acids is 1. The van der Waals surface area contributed by atoms with Gasteiger partial charge >= 0.3 is 0 Å². The van der Waals surface area contributed by atoms with Crippen molar-refractivity contribution < 1.29 is 9.53 Å². The van der Waals surface area contributed by atoms with Gasteiger partial charge in [-0.15, -0.1) is 0 Å². The molecule has 1 amide bonds. The van der Waals surface area contributed by atoms with E-state index in [4.69, 9.17) is 4.74 Å². The van der Waals surface area contributed by atoms with Crippen molar-refractivity contribution in [1.82, 2.24) is 19.9 Å². The molecule has 7 heteroatoms. The Balaban J connectivity index is 1.70. The number of hydrogen-bond acceptors (Lipinski definition) is 5. The van der Waals surface area contributed by atoms with Crippen LogP contribution < -0.4 is 10.2 Å². The number of nitrogens with zero attached hydrogens (tertiary/aromatic N) is 4. The summed E-state index contributed by atoms with van der Waals surface area (Å²) in [6, 6.07) is 5.78. The average Bonchev–Trinajstić information content (AvgIpc) is 3.18. The van der Waals surface area contributed by atoms with Gasteiger partial charge < -0.3 is 19.5 Å². The maximum Gasteiger partial charge on any atom is 0.267 e. The molecule has 1 N–H and O–H groups in total. The first-order chi connectivity index (χ1) is 11.6. The summed E-state index contributed by atoms with van der Waals surface area (Å²) in [7, 11) is 3.58. The fourth-order valence-electron chi connectivity index (χ4n) is 3.11. The molecule has 0 saturated carbocycles. The Labute approximate surface area is 141 Å². The molecule has 0 bridgehead atoms. The molecule has 0 radical (unpaired) electrons. The number of methoxy groups -OCH3 is 1. The third kappa shape index (κ3) is 3.41. The molecular weight excluding hydrogens is 306 g/mol. The van der Waals surface area contributed by atoms with E-state index >= 15 is 0 Å². The third-order valence-electron chi connectivity index (χ3n) is 4.47. The van der Waals surface area contributed by atoms with E-state index in [2.05, 4.69) is 20.2 Å². The van der Waals surface area contributed by atoms with E-state index < -0.39 is 0 Å². The van der Waals surface area contributed by atoms with Crippen molar-refractivity contribution in [2.45, 2.75) is 25.5 Å². The second-order valence-corrected chi connectivity index (χ2v) is 6.13. The highest BCUT2D eigenvalue weighted by Crippen LogP contribution is 2.25. The molecule has 2 aromatic heterocycles. The van der Waals surface area contributed by atoms with Gasteiger partial charge in [0.2, 0.25) is 0 Å². The first kappa shape index (κ1) is 16.4. The lowest BCUT2D eigenvalue weighted by Gasteiger charge is -2.25. The third-order valence-corrected chi connectivity index (χ3v) is 4.47. The number of aryl methyl sites for hydroxylation is 2. The molecule has 3 rings (SSSR count). The van der Waals surface area contributed by atoms with Crippen molar-refractivity contribution >= 4 is 11.7 Å². The summed E-state index contributed by atoms with van der Waals surface area (Å²) in [6.07, 6.45) is 4.43. The monoisotopic (exact) mass is 329 g/mol. The number of aromatic nitrogens is 3. The standard InChI is InChI=1S/C17H23N5O2/c1-12-7-16(20-11-19-12)22-10-14(24-3)8-13(22)9-18-17(23)15-5-4-6-21(15)2/h4-7,11,13-14H,8-10H2,1-3H3,(H,18,23)/t13-,14-/m0/s1. The van der Waals surface area contributed by atoms with Crippen LogP contribution >= 0.6 is 0 Å². The number of carbonyl (C=O) groups is 1. The second kappa shape index (κ2) is 7.00. The molecule has 0 aromatic carbocycles. The molecule has 2 aromatic rings. The highest BCUT2D eigenvalue weighted by molar-refractivity contribution is 5.92. The van der Waals surface area contributed by atoms with Gasteiger partial charge in [0.1, 0.15) is 17.8 Å². The normalized spacial score (nSPS) is 20.4. The van der Waals surface area contributed by atoms with Crippen molar-refractivity contribution in [2.24, 2.45) is 7.05 Å². The van der Waals surface area contributed by atoms with Crippen LogP contribution in [0.2, 0.25) is 0 Å². The van der Waals surface area contributed by atoms with Crippen LogP contribution in [-0.4, -0.2) is 52.8 Å². The first-order valence-electron chi connectivity index (χ1n) is 8.06. The van der Waals surface area contributed by atoms with Gasteiger partial charge in [0, 0.05) is 45.2 Å². The molecule has 2 atom stereocenters. The Kier molecular flexibility index (Phi) is 4.80. The zero-order valence-corrected chi connectivity index (χ0v) is 14.3. The van der Waals surface area contributed by atoms with Crippen LogP contribution in [0.5, 0.6) is 0 Å². The summed E-state index contributed by atoms with van der Waals surface area (Å²) in [5.41, 5.74) is 1.58. The van der Waals surface area contributed by atoms with Gasteiger partial charge in [-0.2, -0.15) is 0 Å². The summed E-state index contributed by atoms with van der Waals surface area (Å²) in [6.45, 7) is 3.26. The van der Waals surface area contributed by atoms with Gasteiger partial charge in [-0.05, 0) is 25.5 Å². The molecule has 3 heterocycles. The average molecular weight is 329 g/mol. The minimum atomic E-state index is -0.0674. The van der Waals surface area contributed by atoms with Gasteiger partial charge in [0.05, 0.1) is 12.1 Å². The van der Waals surface area contributed by atoms with Crippen molar-refractivity contribution in [2.75, 3.05) is 25.1 Å². The number of ether oxygens (including phenoxy) is 1. The lowest BCUT2D eigenvalue weighted by molar-refractivity contribution is 0.0938. The lowest BCUT2D eigenvalue weighted by atomic mass is 10.2. The first-order valence-corrected chi connectivity index (χ1v) is 8.06. The van der Waals surface area contributed by atoms with Crippen LogP contribution in [0.4, 0.5) is 5.82 Å². The van der Waals surface area contributed by atoms with Gasteiger partial charge in [0.25, 0.3) is 5.91 Å². The summed E-state index contributed by atoms with van der Waals surface area (Å²) in [5, 5.41) is 3.03. The molecule has 7 nitrogen and oxygen atoms in total. The predicted molar refractivity (Wildman–Crippen MR) is 91.1 cm³/mol. The van der Waals surface area contributed by atoms with Crippen LogP contribution in [0.3, 0.4) is 0 Å². The number of amides is 1. The minimum Gasteiger partial charge on any atom is -0.380 e. The SMILES string of the molecule is CO[C@H]1C[C@@H](CNC(=O)c2cccn2C)N(c2cc(C)ncn2)C1. The van der Waals surface area contributed by atoms with E-state index in [0.717, 1.165) is 24.5 Å². The molecule has 1 aliphatic heterocycles. The maximum absolute atomic E-state index is 12.3. The topological polar surface area (TPSA) is 72.3 Å². The van der Waals surface area contributed by atoms with E-state index in [9.17, 15) is 4.79 Å². The largest absolute Gasteiger partial charge is 0.380 e. The van der Waals surface area contributed by atoms with Crippen molar-refractivity contribution in [1.29, 1.82) is 0 Å². The second-order valence-electron chi connectivity index (χ2n) is 6.13. The van der Waals surface area contributed by atoms with Crippen LogP contribution in [0.1, 0.15) is 22.6 Å². The van der Waals surface area contributed by atoms with Gasteiger partial charge in [0.15, 0.2) is 0 Å². The van der Waals surface area contributed by atoms with E-state index in [-0.39, 0.29) is 18.1 Å². The van der Waals surface area contributed by atoms with E-state index in [0.29, 0.717) is 12.2 Å². The fourth-order valence-corrected chi connectivity index (χ4v) is 3.11. The van der Waals surface area contributed by atoms with Gasteiger partial charge in [-0.25, -0.2) is 9.97 Å². The maximum atomic E-state index is 12.3. The van der Waals surface area contributed by atoms with Crippen molar-refractivity contribution in [3.8, 4) is 0 Å². The smallest absolute Gasteiger partial charge is 0.267 e. The molecule has 0 unspecified atom stereocenters. The van der Waals surface area contributed by atoms with Crippen molar-refractivity contribution in [3.05, 3.63) is 42.1 Å². The highest BCUT2D eigenvalue weighted by atomic mass is 16.5. The van der Waals surface area contributed by atoms with Crippen LogP contribution in [0, 0.1) is 6.92 Å². The summed E-state index contributed by atoms with van der Waals surface area (Å²) in [4.78, 5) is 23.0. The molecule has 1 saturated heterocycles. The number of hydrogen-bond donors (Lipinski definition) is 1. The molecule has 128 valence electrons. The van der Waals surface area contributed by atoms with Crippen LogP contribution in [-0.2, 0) is 11.8 Å². The zero-order chi connectivity index (χ0) is 17.1. The zero-order valence-electron chi connectivity index (χ0n) is 14.3. The molecule has 24 heavy (non-hydrogen) atoms. The highest BCUT2D eigenvalue weighted by Gasteiger charge is 2.33. The van der Waals surface area contributed by atoms with E-state index in [1.165, 1.54) is 0 Å². The quantitative estimate of drug-likeness (QED) is 0.891. The Morgan fingerprint density at radius 3 is 2.96 bits per heavy atom. The predicted octanol–water partition coefficient (Wildman–Crippen LogP) is 1.15. The lowest BCUT2D eigenvalue weighted by Crippen LogP contribution is -2.41. The molecule has 1 aliphatic rings. The Hall–Kier alpha value is -2.41. The van der Waals surface area contributed by atoms with Crippen molar-refractivity contribution in [3.63, 3.8) is 0 Å². The summed E-state index contributed by atoms with van der Waals surface area (Å²) in [5.74, 6) is 0.808. The number of rotatable bonds is 5. The van der Waals surface area contributed by atoms with Crippen LogP contribution in [0.25, 0.3) is 0 Å². The Morgan fingerprint density at radius 2 is 2.29 bits per heavy atom. The summed E-state index contributed by atoms with van der Waals surface area (Å²) < 4.78 is 7.33. The molecule has 0 spiro atoms. The van der Waals surface area contributed by atoms with E-state index in [1.54, 1.807) is 13.4 Å². The minimum absolute atomic E-state index is 0.0674. The molecule has 0 aliphatic carbocycles. The number of nitrogens with one attached hydrogen (secondary N) is 1.